The van der Waals surface area contributed by atoms with E-state index in [4.69, 9.17) is 11.6 Å². The zero-order valence-electron chi connectivity index (χ0n) is 14.6. The van der Waals surface area contributed by atoms with Crippen LogP contribution in [0.3, 0.4) is 0 Å². The van der Waals surface area contributed by atoms with Crippen molar-refractivity contribution >= 4 is 33.2 Å². The van der Waals surface area contributed by atoms with E-state index in [2.05, 4.69) is 15.0 Å². The lowest BCUT2D eigenvalue weighted by Gasteiger charge is -2.07. The van der Waals surface area contributed by atoms with Crippen molar-refractivity contribution in [2.24, 2.45) is 0 Å². The molecule has 0 aliphatic rings. The molecule has 6 nitrogen and oxygen atoms in total. The first-order valence-corrected chi connectivity index (χ1v) is 10.2. The Hall–Kier alpha value is -2.84. The highest BCUT2D eigenvalue weighted by Gasteiger charge is 2.19. The van der Waals surface area contributed by atoms with E-state index in [-0.39, 0.29) is 16.3 Å². The van der Waals surface area contributed by atoms with Gasteiger partial charge >= 0.3 is 0 Å². The Kier molecular flexibility index (Phi) is 6.01. The van der Waals surface area contributed by atoms with Crippen LogP contribution >= 0.6 is 11.6 Å². The molecule has 0 atom stereocenters. The van der Waals surface area contributed by atoms with Gasteiger partial charge in [-0.3, -0.25) is 9.52 Å². The van der Waals surface area contributed by atoms with E-state index >= 15 is 0 Å². The number of anilines is 1. The summed E-state index contributed by atoms with van der Waals surface area (Å²) in [6.07, 6.45) is 1.78. The topological polar surface area (TPSA) is 91.1 Å². The van der Waals surface area contributed by atoms with Gasteiger partial charge in [0.2, 0.25) is 0 Å². The maximum atomic E-state index is 13.7. The molecule has 0 fully saturated rings. The summed E-state index contributed by atoms with van der Waals surface area (Å²) >= 11 is 5.83. The maximum Gasteiger partial charge on any atom is 0.267 e. The highest BCUT2D eigenvalue weighted by atomic mass is 35.5. The largest absolute Gasteiger partial charge is 0.356 e. The maximum absolute atomic E-state index is 13.7. The number of carbonyl (C=O) groups is 1. The third-order valence-electron chi connectivity index (χ3n) is 3.94. The second-order valence-electron chi connectivity index (χ2n) is 5.97. The molecule has 0 saturated carbocycles. The molecule has 3 N–H and O–H groups in total. The summed E-state index contributed by atoms with van der Waals surface area (Å²) in [5.74, 6) is -1.14. The zero-order chi connectivity index (χ0) is 20.1. The molecule has 9 heteroatoms. The molecule has 1 heterocycles. The molecular formula is C19H17ClFN3O3S. The van der Waals surface area contributed by atoms with Crippen molar-refractivity contribution in [1.29, 1.82) is 0 Å². The fraction of sp³-hybridized carbons (Fsp3) is 0.105. The van der Waals surface area contributed by atoms with Crippen LogP contribution in [0.1, 0.15) is 16.1 Å². The van der Waals surface area contributed by atoms with Crippen molar-refractivity contribution in [2.45, 2.75) is 11.3 Å². The van der Waals surface area contributed by atoms with E-state index in [1.165, 1.54) is 30.5 Å². The van der Waals surface area contributed by atoms with Gasteiger partial charge in [-0.15, -0.1) is 0 Å². The van der Waals surface area contributed by atoms with Crippen LogP contribution in [0.4, 0.5) is 10.1 Å². The van der Waals surface area contributed by atoms with Crippen LogP contribution in [0.2, 0.25) is 5.02 Å². The van der Waals surface area contributed by atoms with E-state index in [1.807, 2.05) is 12.1 Å². The smallest absolute Gasteiger partial charge is 0.267 e. The molecule has 3 rings (SSSR count). The Morgan fingerprint density at radius 3 is 2.54 bits per heavy atom. The summed E-state index contributed by atoms with van der Waals surface area (Å²) in [7, 11) is -4.03. The molecule has 0 bridgehead atoms. The Labute approximate surface area is 166 Å². The Bertz CT molecular complexity index is 1080. The molecule has 1 amide bonds. The minimum atomic E-state index is -4.03. The van der Waals surface area contributed by atoms with Gasteiger partial charge in [0.25, 0.3) is 15.9 Å². The van der Waals surface area contributed by atoms with Crippen LogP contribution in [0.5, 0.6) is 0 Å². The van der Waals surface area contributed by atoms with Gasteiger partial charge in [-0.1, -0.05) is 35.9 Å². The molecule has 0 spiro atoms. The first kappa shape index (κ1) is 19.9. The minimum Gasteiger partial charge on any atom is -0.356 e. The fourth-order valence-electron chi connectivity index (χ4n) is 2.48. The summed E-state index contributed by atoms with van der Waals surface area (Å²) in [4.78, 5) is 14.7. The molecule has 2 aromatic carbocycles. The number of aromatic amines is 1. The van der Waals surface area contributed by atoms with Gasteiger partial charge in [0, 0.05) is 17.8 Å². The van der Waals surface area contributed by atoms with Gasteiger partial charge in [0.1, 0.15) is 16.4 Å². The number of carbonyl (C=O) groups excluding carboxylic acids is 1. The predicted molar refractivity (Wildman–Crippen MR) is 105 cm³/mol. The highest BCUT2D eigenvalue weighted by Crippen LogP contribution is 2.19. The molecule has 0 aliphatic carbocycles. The minimum absolute atomic E-state index is 0.0880. The van der Waals surface area contributed by atoms with Gasteiger partial charge in [-0.25, -0.2) is 12.8 Å². The monoisotopic (exact) mass is 421 g/mol. The number of nitrogens with one attached hydrogen (secondary N) is 3. The number of rotatable bonds is 7. The number of benzene rings is 2. The van der Waals surface area contributed by atoms with Crippen molar-refractivity contribution in [1.82, 2.24) is 10.3 Å². The average Bonchev–Trinajstić information content (AvgIpc) is 3.16. The van der Waals surface area contributed by atoms with Crippen LogP contribution in [-0.4, -0.2) is 25.9 Å². The molecule has 0 unspecified atom stereocenters. The van der Waals surface area contributed by atoms with Crippen LogP contribution in [0.15, 0.2) is 65.7 Å². The fourth-order valence-corrected chi connectivity index (χ4v) is 3.66. The van der Waals surface area contributed by atoms with Crippen molar-refractivity contribution in [3.63, 3.8) is 0 Å². The van der Waals surface area contributed by atoms with Gasteiger partial charge in [0.05, 0.1) is 5.69 Å². The average molecular weight is 422 g/mol. The Balaban J connectivity index is 1.61. The van der Waals surface area contributed by atoms with Gasteiger partial charge in [0.15, 0.2) is 0 Å². The van der Waals surface area contributed by atoms with Crippen molar-refractivity contribution < 1.29 is 17.6 Å². The molecule has 3 aromatic rings. The standard InChI is InChI=1S/C19H17ClFN3O3S/c20-14-7-5-13(6-8-14)9-10-22-19(25)18-11-15(12-23-18)28(26,27)24-17-4-2-1-3-16(17)21/h1-8,11-12,23-24H,9-10H2,(H,22,25). The lowest BCUT2D eigenvalue weighted by atomic mass is 10.1. The molecule has 28 heavy (non-hydrogen) atoms. The van der Waals surface area contributed by atoms with E-state index in [9.17, 15) is 17.6 Å². The number of hydrogen-bond donors (Lipinski definition) is 3. The third-order valence-corrected chi connectivity index (χ3v) is 5.54. The zero-order valence-corrected chi connectivity index (χ0v) is 16.1. The van der Waals surface area contributed by atoms with Gasteiger partial charge in [-0.2, -0.15) is 0 Å². The van der Waals surface area contributed by atoms with Crippen molar-refractivity contribution in [3.05, 3.63) is 82.9 Å². The van der Waals surface area contributed by atoms with Gasteiger partial charge < -0.3 is 10.3 Å². The number of aromatic nitrogens is 1. The number of amides is 1. The Morgan fingerprint density at radius 2 is 1.82 bits per heavy atom. The Morgan fingerprint density at radius 1 is 1.11 bits per heavy atom. The number of H-pyrrole nitrogens is 1. The summed E-state index contributed by atoms with van der Waals surface area (Å²) in [5, 5.41) is 3.34. The summed E-state index contributed by atoms with van der Waals surface area (Å²) in [5.41, 5.74) is 0.927. The van der Waals surface area contributed by atoms with Crippen LogP contribution in [0, 0.1) is 5.82 Å². The molecule has 0 aliphatic heterocycles. The van der Waals surface area contributed by atoms with Crippen LogP contribution < -0.4 is 10.0 Å². The quantitative estimate of drug-likeness (QED) is 0.544. The summed E-state index contributed by atoms with van der Waals surface area (Å²) in [6, 6.07) is 13.9. The van der Waals surface area contributed by atoms with Crippen LogP contribution in [0.25, 0.3) is 0 Å². The van der Waals surface area contributed by atoms with E-state index in [0.717, 1.165) is 11.6 Å². The van der Waals surface area contributed by atoms with Crippen molar-refractivity contribution in [3.8, 4) is 0 Å². The third kappa shape index (κ3) is 4.90. The highest BCUT2D eigenvalue weighted by molar-refractivity contribution is 7.92. The second-order valence-corrected chi connectivity index (χ2v) is 8.09. The first-order valence-electron chi connectivity index (χ1n) is 8.33. The van der Waals surface area contributed by atoms with E-state index in [0.29, 0.717) is 18.0 Å². The first-order chi connectivity index (χ1) is 13.3. The second kappa shape index (κ2) is 8.45. The summed E-state index contributed by atoms with van der Waals surface area (Å²) < 4.78 is 40.6. The number of sulfonamides is 1. The van der Waals surface area contributed by atoms with Crippen molar-refractivity contribution in [2.75, 3.05) is 11.3 Å². The number of halogens is 2. The lowest BCUT2D eigenvalue weighted by molar-refractivity contribution is 0.0949. The number of hydrogen-bond acceptors (Lipinski definition) is 3. The van der Waals surface area contributed by atoms with E-state index < -0.39 is 21.7 Å². The number of para-hydroxylation sites is 1. The van der Waals surface area contributed by atoms with Gasteiger partial charge in [-0.05, 0) is 42.3 Å². The normalized spacial score (nSPS) is 11.2. The molecule has 146 valence electrons. The summed E-state index contributed by atoms with van der Waals surface area (Å²) in [6.45, 7) is 0.370. The van der Waals surface area contributed by atoms with Crippen LogP contribution in [-0.2, 0) is 16.4 Å². The SMILES string of the molecule is O=C(NCCc1ccc(Cl)cc1)c1cc(S(=O)(=O)Nc2ccccc2F)c[nH]1. The molecular weight excluding hydrogens is 405 g/mol. The molecule has 0 saturated heterocycles. The van der Waals surface area contributed by atoms with E-state index in [1.54, 1.807) is 12.1 Å². The lowest BCUT2D eigenvalue weighted by Crippen LogP contribution is -2.26. The molecule has 0 radical (unpaired) electrons. The molecule has 1 aromatic heterocycles. The predicted octanol–water partition coefficient (Wildman–Crippen LogP) is 3.58.